The molecule has 0 radical (unpaired) electrons. The molecule has 1 heterocycles. The maximum absolute atomic E-state index is 12.2. The van der Waals surface area contributed by atoms with Crippen LogP contribution in [0.2, 0.25) is 0 Å². The van der Waals surface area contributed by atoms with Crippen LogP contribution in [-0.4, -0.2) is 66.3 Å². The second-order valence-corrected chi connectivity index (χ2v) is 7.06. The zero-order chi connectivity index (χ0) is 20.9. The van der Waals surface area contributed by atoms with Gasteiger partial charge in [-0.2, -0.15) is 8.42 Å². The van der Waals surface area contributed by atoms with E-state index in [0.29, 0.717) is 5.71 Å². The first-order valence-corrected chi connectivity index (χ1v) is 9.44. The largest absolute Gasteiger partial charge is 1.00 e. The number of aliphatic imine (C=N–C) groups is 1. The third-order valence-electron chi connectivity index (χ3n) is 3.84. The number of amides is 1. The summed E-state index contributed by atoms with van der Waals surface area (Å²) in [5.74, 6) is -1.94. The van der Waals surface area contributed by atoms with Crippen molar-refractivity contribution in [1.29, 1.82) is 0 Å². The van der Waals surface area contributed by atoms with Gasteiger partial charge in [-0.1, -0.05) is 40.6 Å². The number of carbonyl (C=O) groups is 1. The molecule has 1 aromatic carbocycles. The van der Waals surface area contributed by atoms with E-state index in [1.807, 2.05) is 30.3 Å². The van der Waals surface area contributed by atoms with E-state index >= 15 is 0 Å². The van der Waals surface area contributed by atoms with Crippen molar-refractivity contribution in [2.45, 2.75) is 25.9 Å². The molecule has 1 amide bonds. The van der Waals surface area contributed by atoms with Crippen LogP contribution in [0.4, 0.5) is 0 Å². The average Bonchev–Trinajstić information content (AvgIpc) is 2.64. The van der Waals surface area contributed by atoms with Crippen LogP contribution in [0.5, 0.6) is 0 Å². The molecule has 152 valence electrons. The Balaban J connectivity index is 0.00000420. The maximum atomic E-state index is 12.2. The van der Waals surface area contributed by atoms with Gasteiger partial charge in [-0.3, -0.25) is 14.3 Å². The number of carbonyl (C=O) groups excluding carboxylic acids is 1. The number of hydrogen-bond acceptors (Lipinski definition) is 9. The fourth-order valence-corrected chi connectivity index (χ4v) is 3.30. The van der Waals surface area contributed by atoms with Gasteiger partial charge in [-0.15, -0.1) is 0 Å². The quantitative estimate of drug-likeness (QED) is 0.112. The molecule has 0 bridgehead atoms. The Hall–Kier alpha value is -1.99. The number of oxime groups is 2. The molecule has 0 aromatic heterocycles. The summed E-state index contributed by atoms with van der Waals surface area (Å²) in [4.78, 5) is 25.1. The molecule has 11 nitrogen and oxygen atoms in total. The normalized spacial score (nSPS) is 20.6. The second kappa shape index (κ2) is 10.7. The molecule has 13 heteroatoms. The number of hydrogen-bond donors (Lipinski definition) is 1. The van der Waals surface area contributed by atoms with Crippen LogP contribution in [0.3, 0.4) is 0 Å². The minimum atomic E-state index is -4.70. The van der Waals surface area contributed by atoms with Gasteiger partial charge in [0.25, 0.3) is 5.91 Å². The van der Waals surface area contributed by atoms with Crippen LogP contribution in [0.25, 0.3) is 0 Å². The standard InChI is InChI=1S/C16H20N4O7S.Na/c1-10(12-7-5-4-6-8-12)18-27-9-13(19-26-3)15(21)17-14-11(2)20(16(14)22)28(23,24)25;/h4-8,11,14H,9H2,1-3H3,(H,17,21)(H,23,24,25);/q;+1/p-1/b18-10+,19-13-;/t11-,14-;/m0./s1. The second-order valence-electron chi connectivity index (χ2n) is 5.77. The van der Waals surface area contributed by atoms with Gasteiger partial charge in [0, 0.05) is 5.90 Å². The summed E-state index contributed by atoms with van der Waals surface area (Å²) in [6, 6.07) is 6.92. The van der Waals surface area contributed by atoms with Crippen molar-refractivity contribution in [3.8, 4) is 0 Å². The minimum Gasteiger partial charge on any atom is -0.857 e. The molecule has 0 aliphatic carbocycles. The van der Waals surface area contributed by atoms with Crippen molar-refractivity contribution in [3.63, 3.8) is 0 Å². The average molecular weight is 434 g/mol. The van der Waals surface area contributed by atoms with E-state index in [9.17, 15) is 18.3 Å². The summed E-state index contributed by atoms with van der Waals surface area (Å²) >= 11 is 0. The van der Waals surface area contributed by atoms with Gasteiger partial charge in [0.2, 0.25) is 0 Å². The van der Waals surface area contributed by atoms with Crippen LogP contribution >= 0.6 is 0 Å². The van der Waals surface area contributed by atoms with Gasteiger partial charge < -0.3 is 14.8 Å². The molecule has 1 aliphatic heterocycles. The number of β-lactam (4-membered cyclic amide) rings is 1. The van der Waals surface area contributed by atoms with Crippen molar-refractivity contribution in [1.82, 2.24) is 4.31 Å². The Morgan fingerprint density at radius 3 is 2.41 bits per heavy atom. The monoisotopic (exact) mass is 434 g/mol. The number of benzene rings is 1. The van der Waals surface area contributed by atoms with E-state index in [4.69, 9.17) is 9.39 Å². The zero-order valence-electron chi connectivity index (χ0n) is 16.3. The Kier molecular flexibility index (Phi) is 9.23. The van der Waals surface area contributed by atoms with Crippen LogP contribution in [-0.2, 0) is 24.8 Å². The molecule has 1 saturated heterocycles. The van der Waals surface area contributed by atoms with Gasteiger partial charge in [-0.05, 0) is 19.4 Å². The van der Waals surface area contributed by atoms with E-state index in [1.165, 1.54) is 14.0 Å². The molecular formula is C16H19N4NaO7S. The number of rotatable bonds is 8. The first kappa shape index (κ1) is 25.0. The van der Waals surface area contributed by atoms with E-state index < -0.39 is 34.2 Å². The van der Waals surface area contributed by atoms with Crippen molar-refractivity contribution < 1.29 is 62.1 Å². The molecule has 29 heavy (non-hydrogen) atoms. The third-order valence-corrected chi connectivity index (χ3v) is 4.85. The Labute approximate surface area is 190 Å². The topological polar surface area (TPSA) is 153 Å². The molecule has 1 aromatic rings. The Bertz CT molecular complexity index is 918. The van der Waals surface area contributed by atoms with E-state index in [-0.39, 0.29) is 46.2 Å². The summed E-state index contributed by atoms with van der Waals surface area (Å²) in [7, 11) is -3.49. The van der Waals surface area contributed by atoms with E-state index in [0.717, 1.165) is 5.56 Å². The SMILES string of the molecule is CO/N=C(/CO/N=C(\C)c1ccccc1)C([O-])=N[C@@H]1C(=O)N(S(=O)(=O)O)[C@H]1C.[Na+]. The van der Waals surface area contributed by atoms with Crippen LogP contribution in [0, 0.1) is 0 Å². The first-order chi connectivity index (χ1) is 13.2. The molecule has 1 fully saturated rings. The maximum Gasteiger partial charge on any atom is 1.00 e. The van der Waals surface area contributed by atoms with Crippen molar-refractivity contribution >= 4 is 33.5 Å². The smallest absolute Gasteiger partial charge is 0.857 e. The summed E-state index contributed by atoms with van der Waals surface area (Å²) < 4.78 is 31.4. The van der Waals surface area contributed by atoms with Gasteiger partial charge in [0.05, 0.1) is 11.8 Å². The summed E-state index contributed by atoms with van der Waals surface area (Å²) in [5.41, 5.74) is 1.12. The number of nitrogens with zero attached hydrogens (tertiary/aromatic N) is 4. The van der Waals surface area contributed by atoms with E-state index in [2.05, 4.69) is 20.1 Å². The minimum absolute atomic E-state index is 0. The molecule has 0 spiro atoms. The van der Waals surface area contributed by atoms with Crippen molar-refractivity contribution in [3.05, 3.63) is 35.9 Å². The summed E-state index contributed by atoms with van der Waals surface area (Å²) in [6.45, 7) is 2.67. The van der Waals surface area contributed by atoms with Crippen LogP contribution < -0.4 is 34.7 Å². The van der Waals surface area contributed by atoms with Gasteiger partial charge >= 0.3 is 39.9 Å². The first-order valence-electron chi connectivity index (χ1n) is 8.04. The predicted octanol–water partition coefficient (Wildman–Crippen LogP) is -3.41. The fraction of sp³-hybridized carbons (Fsp3) is 0.375. The van der Waals surface area contributed by atoms with Gasteiger partial charge in [-0.25, -0.2) is 4.31 Å². The Morgan fingerprint density at radius 2 is 1.90 bits per heavy atom. The summed E-state index contributed by atoms with van der Waals surface area (Å²) in [5, 5.41) is 19.6. The molecule has 0 unspecified atom stereocenters. The molecule has 1 N–H and O–H groups in total. The molecule has 1 aliphatic rings. The molecule has 2 atom stereocenters. The van der Waals surface area contributed by atoms with Gasteiger partial charge in [0.1, 0.15) is 12.8 Å². The summed E-state index contributed by atoms with van der Waals surface area (Å²) in [6.07, 6.45) is 0. The molecular weight excluding hydrogens is 415 g/mol. The van der Waals surface area contributed by atoms with Crippen LogP contribution in [0.15, 0.2) is 45.6 Å². The fourth-order valence-electron chi connectivity index (χ4n) is 2.43. The molecule has 2 rings (SSSR count). The predicted molar refractivity (Wildman–Crippen MR) is 98.1 cm³/mol. The van der Waals surface area contributed by atoms with E-state index in [1.54, 1.807) is 6.92 Å². The van der Waals surface area contributed by atoms with Crippen LogP contribution in [0.1, 0.15) is 19.4 Å². The van der Waals surface area contributed by atoms with Gasteiger partial charge in [0.15, 0.2) is 12.6 Å². The zero-order valence-corrected chi connectivity index (χ0v) is 19.2. The van der Waals surface area contributed by atoms with Crippen molar-refractivity contribution in [2.75, 3.05) is 13.7 Å². The van der Waals surface area contributed by atoms with Crippen molar-refractivity contribution in [2.24, 2.45) is 15.3 Å². The Morgan fingerprint density at radius 1 is 1.28 bits per heavy atom. The third kappa shape index (κ3) is 6.24. The molecule has 0 saturated carbocycles.